The Bertz CT molecular complexity index is 1310. The maximum Gasteiger partial charge on any atom is 0.126 e. The average molecular weight is 485 g/mol. The fourth-order valence-corrected chi connectivity index (χ4v) is 4.25. The number of aliphatic hydroxyl groups is 2. The van der Waals surface area contributed by atoms with Crippen LogP contribution in [0.1, 0.15) is 22.8 Å². The average Bonchev–Trinajstić information content (AvgIpc) is 2.92. The molecule has 0 aliphatic rings. The van der Waals surface area contributed by atoms with Gasteiger partial charge in [-0.25, -0.2) is 0 Å². The number of hydrogen-bond acceptors (Lipinski definition) is 6. The lowest BCUT2D eigenvalue weighted by molar-refractivity contribution is 0.174. The molecular weight excluding hydrogens is 452 g/mol. The summed E-state index contributed by atoms with van der Waals surface area (Å²) >= 11 is 0. The van der Waals surface area contributed by atoms with E-state index in [1.807, 2.05) is 42.5 Å². The number of hydrogen-bond donors (Lipinski definition) is 5. The molecule has 0 aliphatic heterocycles. The largest absolute Gasteiger partial charge is 0.508 e. The number of ether oxygens (including phenoxy) is 1. The molecule has 0 amide bonds. The Morgan fingerprint density at radius 2 is 1.61 bits per heavy atom. The van der Waals surface area contributed by atoms with Crippen LogP contribution in [0.2, 0.25) is 0 Å². The number of rotatable bonds is 10. The summed E-state index contributed by atoms with van der Waals surface area (Å²) in [5.41, 5.74) is 13.4. The van der Waals surface area contributed by atoms with Crippen LogP contribution in [0.5, 0.6) is 11.5 Å². The van der Waals surface area contributed by atoms with E-state index in [2.05, 4.69) is 29.6 Å². The standard InChI is InChI=1S/C30H32N2O4/c1-36-30-12-10-22(16-26(30)20-5-3-2-4-6-20)23-8-7-21(27(31)17-23)13-14-32-18-29(35)24-9-11-28(34)25(15-24)19-33/h2-12,15-17,29,32-35H,13-14,18-19,31H2,1H3/t29-/m0/s1. The smallest absolute Gasteiger partial charge is 0.126 e. The van der Waals surface area contributed by atoms with Crippen molar-refractivity contribution in [1.29, 1.82) is 0 Å². The normalized spacial score (nSPS) is 11.9. The molecular formula is C30H32N2O4. The van der Waals surface area contributed by atoms with Crippen LogP contribution >= 0.6 is 0 Å². The first-order valence-electron chi connectivity index (χ1n) is 11.9. The van der Waals surface area contributed by atoms with Crippen molar-refractivity contribution in [3.63, 3.8) is 0 Å². The zero-order valence-corrected chi connectivity index (χ0v) is 20.3. The summed E-state index contributed by atoms with van der Waals surface area (Å²) in [6.07, 6.45) is -0.0294. The number of methoxy groups -OCH3 is 1. The van der Waals surface area contributed by atoms with Gasteiger partial charge < -0.3 is 31.1 Å². The van der Waals surface area contributed by atoms with Crippen molar-refractivity contribution in [2.45, 2.75) is 19.1 Å². The van der Waals surface area contributed by atoms with E-state index >= 15 is 0 Å². The minimum atomic E-state index is -0.746. The van der Waals surface area contributed by atoms with Crippen LogP contribution < -0.4 is 15.8 Å². The number of aliphatic hydroxyl groups excluding tert-OH is 2. The molecule has 4 aromatic carbocycles. The zero-order chi connectivity index (χ0) is 25.5. The molecule has 0 heterocycles. The van der Waals surface area contributed by atoms with Gasteiger partial charge in [-0.15, -0.1) is 0 Å². The number of nitrogens with one attached hydrogen (secondary N) is 1. The van der Waals surface area contributed by atoms with Gasteiger partial charge in [0.1, 0.15) is 11.5 Å². The van der Waals surface area contributed by atoms with Crippen molar-refractivity contribution in [2.24, 2.45) is 0 Å². The molecule has 6 nitrogen and oxygen atoms in total. The third kappa shape index (κ3) is 5.86. The van der Waals surface area contributed by atoms with Crippen molar-refractivity contribution >= 4 is 5.69 Å². The van der Waals surface area contributed by atoms with E-state index in [4.69, 9.17) is 10.5 Å². The molecule has 6 heteroatoms. The van der Waals surface area contributed by atoms with Crippen LogP contribution in [-0.2, 0) is 13.0 Å². The summed E-state index contributed by atoms with van der Waals surface area (Å²) in [6, 6.07) is 27.2. The lowest BCUT2D eigenvalue weighted by Gasteiger charge is -2.15. The highest BCUT2D eigenvalue weighted by atomic mass is 16.5. The zero-order valence-electron chi connectivity index (χ0n) is 20.3. The Kier molecular flexibility index (Phi) is 8.23. The molecule has 4 rings (SSSR count). The Hall–Kier alpha value is -3.84. The van der Waals surface area contributed by atoms with Gasteiger partial charge in [0.25, 0.3) is 0 Å². The van der Waals surface area contributed by atoms with Crippen LogP contribution in [0, 0.1) is 0 Å². The van der Waals surface area contributed by atoms with Crippen LogP contribution in [0.3, 0.4) is 0 Å². The van der Waals surface area contributed by atoms with Gasteiger partial charge in [0, 0.05) is 23.4 Å². The first-order valence-corrected chi connectivity index (χ1v) is 11.9. The van der Waals surface area contributed by atoms with Crippen LogP contribution in [0.25, 0.3) is 22.3 Å². The molecule has 4 aromatic rings. The monoisotopic (exact) mass is 484 g/mol. The third-order valence-electron chi connectivity index (χ3n) is 6.33. The summed E-state index contributed by atoms with van der Waals surface area (Å²) in [4.78, 5) is 0. The molecule has 36 heavy (non-hydrogen) atoms. The fourth-order valence-electron chi connectivity index (χ4n) is 4.25. The highest BCUT2D eigenvalue weighted by molar-refractivity contribution is 5.79. The van der Waals surface area contributed by atoms with Gasteiger partial charge in [-0.1, -0.05) is 54.6 Å². The summed E-state index contributed by atoms with van der Waals surface area (Å²) in [6.45, 7) is 0.715. The van der Waals surface area contributed by atoms with Gasteiger partial charge in [0.05, 0.1) is 19.8 Å². The first kappa shape index (κ1) is 25.3. The molecule has 0 radical (unpaired) electrons. The molecule has 186 valence electrons. The van der Waals surface area contributed by atoms with Crippen molar-refractivity contribution in [3.8, 4) is 33.8 Å². The summed E-state index contributed by atoms with van der Waals surface area (Å²) in [5, 5.41) is 32.7. The highest BCUT2D eigenvalue weighted by Crippen LogP contribution is 2.35. The summed E-state index contributed by atoms with van der Waals surface area (Å²) in [5.74, 6) is 0.842. The Morgan fingerprint density at radius 3 is 2.33 bits per heavy atom. The van der Waals surface area contributed by atoms with Gasteiger partial charge in [0.2, 0.25) is 0 Å². The van der Waals surface area contributed by atoms with Crippen molar-refractivity contribution in [2.75, 3.05) is 25.9 Å². The lowest BCUT2D eigenvalue weighted by Crippen LogP contribution is -2.24. The molecule has 0 aliphatic carbocycles. The van der Waals surface area contributed by atoms with Gasteiger partial charge in [-0.3, -0.25) is 0 Å². The molecule has 0 saturated heterocycles. The third-order valence-corrected chi connectivity index (χ3v) is 6.33. The van der Waals surface area contributed by atoms with E-state index in [1.54, 1.807) is 19.2 Å². The molecule has 0 fully saturated rings. The van der Waals surface area contributed by atoms with Crippen LogP contribution in [-0.4, -0.2) is 35.5 Å². The van der Waals surface area contributed by atoms with Gasteiger partial charge >= 0.3 is 0 Å². The van der Waals surface area contributed by atoms with Crippen molar-refractivity contribution in [1.82, 2.24) is 5.32 Å². The maximum absolute atomic E-state index is 10.4. The van der Waals surface area contributed by atoms with Gasteiger partial charge in [0.15, 0.2) is 0 Å². The molecule has 0 bridgehead atoms. The van der Waals surface area contributed by atoms with Crippen molar-refractivity contribution in [3.05, 3.63) is 102 Å². The van der Waals surface area contributed by atoms with Crippen LogP contribution in [0.4, 0.5) is 5.69 Å². The Labute approximate surface area is 211 Å². The van der Waals surface area contributed by atoms with E-state index in [9.17, 15) is 15.3 Å². The number of aromatic hydroxyl groups is 1. The first-order chi connectivity index (χ1) is 17.5. The highest BCUT2D eigenvalue weighted by Gasteiger charge is 2.12. The predicted octanol–water partition coefficient (Wildman–Crippen LogP) is 4.68. The molecule has 0 aromatic heterocycles. The topological polar surface area (TPSA) is 108 Å². The van der Waals surface area contributed by atoms with Crippen molar-refractivity contribution < 1.29 is 20.1 Å². The second-order valence-electron chi connectivity index (χ2n) is 8.71. The molecule has 6 N–H and O–H groups in total. The number of phenols is 1. The second kappa shape index (κ2) is 11.7. The van der Waals surface area contributed by atoms with E-state index < -0.39 is 6.10 Å². The predicted molar refractivity (Wildman–Crippen MR) is 144 cm³/mol. The summed E-state index contributed by atoms with van der Waals surface area (Å²) < 4.78 is 5.58. The van der Waals surface area contributed by atoms with Gasteiger partial charge in [-0.2, -0.15) is 0 Å². The van der Waals surface area contributed by atoms with E-state index in [0.717, 1.165) is 39.3 Å². The lowest BCUT2D eigenvalue weighted by atomic mass is 9.96. The minimum Gasteiger partial charge on any atom is -0.508 e. The molecule has 1 atom stereocenters. The number of anilines is 1. The minimum absolute atomic E-state index is 0.0197. The van der Waals surface area contributed by atoms with Gasteiger partial charge in [-0.05, 0) is 71.1 Å². The second-order valence-corrected chi connectivity index (χ2v) is 8.71. The number of benzene rings is 4. The van der Waals surface area contributed by atoms with Crippen LogP contribution in [0.15, 0.2) is 84.9 Å². The quantitative estimate of drug-likeness (QED) is 0.165. The fraction of sp³-hybridized carbons (Fsp3) is 0.200. The number of nitrogens with two attached hydrogens (primary N) is 1. The SMILES string of the molecule is COc1ccc(-c2ccc(CCNC[C@H](O)c3ccc(O)c(CO)c3)c(N)c2)cc1-c1ccccc1. The molecule has 0 unspecified atom stereocenters. The van der Waals surface area contributed by atoms with E-state index in [0.29, 0.717) is 30.6 Å². The Morgan fingerprint density at radius 1 is 0.861 bits per heavy atom. The number of nitrogen functional groups attached to an aromatic ring is 1. The van der Waals surface area contributed by atoms with E-state index in [1.165, 1.54) is 6.07 Å². The molecule has 0 spiro atoms. The molecule has 0 saturated carbocycles. The summed E-state index contributed by atoms with van der Waals surface area (Å²) in [7, 11) is 1.68. The van der Waals surface area contributed by atoms with E-state index in [-0.39, 0.29) is 12.4 Å². The maximum atomic E-state index is 10.4. The Balaban J connectivity index is 1.39.